The molecule has 0 atom stereocenters. The van der Waals surface area contributed by atoms with E-state index in [1.165, 1.54) is 0 Å². The van der Waals surface area contributed by atoms with Gasteiger partial charge in [-0.25, -0.2) is 0 Å². The first-order valence-corrected chi connectivity index (χ1v) is 7.28. The summed E-state index contributed by atoms with van der Waals surface area (Å²) in [6, 6.07) is 5.38. The van der Waals surface area contributed by atoms with Crippen LogP contribution in [0.4, 0.5) is 5.69 Å². The molecule has 18 heavy (non-hydrogen) atoms. The Kier molecular flexibility index (Phi) is 5.03. The molecule has 0 bridgehead atoms. The van der Waals surface area contributed by atoms with E-state index in [9.17, 15) is 4.79 Å². The van der Waals surface area contributed by atoms with Crippen LogP contribution < -0.4 is 10.6 Å². The Morgan fingerprint density at radius 2 is 2.17 bits per heavy atom. The van der Waals surface area contributed by atoms with Crippen molar-refractivity contribution in [2.75, 3.05) is 18.4 Å². The molecule has 1 aromatic rings. The second-order valence-corrected chi connectivity index (χ2v) is 5.86. The highest BCUT2D eigenvalue weighted by atomic mass is 79.9. The minimum absolute atomic E-state index is 0.0601. The van der Waals surface area contributed by atoms with E-state index in [4.69, 9.17) is 11.6 Å². The van der Waals surface area contributed by atoms with Crippen LogP contribution in [0.3, 0.4) is 0 Å². The molecule has 0 unspecified atom stereocenters. The fraction of sp³-hybridized carbons (Fsp3) is 0.462. The zero-order valence-electron chi connectivity index (χ0n) is 10.0. The standard InChI is InChI=1S/C13H16BrClN2O/c14-11-2-1-10(15)8-12(11)17-13(18)7-9-3-5-16-6-4-9/h1-2,8-9,16H,3-7H2,(H,17,18). The van der Waals surface area contributed by atoms with Crippen molar-refractivity contribution in [2.24, 2.45) is 5.92 Å². The Morgan fingerprint density at radius 1 is 1.44 bits per heavy atom. The lowest BCUT2D eigenvalue weighted by Gasteiger charge is -2.22. The number of carbonyl (C=O) groups is 1. The first-order chi connectivity index (χ1) is 8.65. The third-order valence-electron chi connectivity index (χ3n) is 3.14. The van der Waals surface area contributed by atoms with Crippen LogP contribution in [0.15, 0.2) is 22.7 Å². The highest BCUT2D eigenvalue weighted by Gasteiger charge is 2.17. The van der Waals surface area contributed by atoms with Gasteiger partial charge in [-0.3, -0.25) is 4.79 Å². The number of benzene rings is 1. The van der Waals surface area contributed by atoms with E-state index >= 15 is 0 Å². The maximum absolute atomic E-state index is 11.9. The average Bonchev–Trinajstić information content (AvgIpc) is 2.35. The molecular weight excluding hydrogens is 316 g/mol. The fourth-order valence-electron chi connectivity index (χ4n) is 2.14. The van der Waals surface area contributed by atoms with Gasteiger partial charge in [0, 0.05) is 15.9 Å². The summed E-state index contributed by atoms with van der Waals surface area (Å²) in [6.45, 7) is 2.03. The van der Waals surface area contributed by atoms with Crippen LogP contribution in [-0.2, 0) is 4.79 Å². The van der Waals surface area contributed by atoms with Crippen molar-refractivity contribution in [1.82, 2.24) is 5.32 Å². The number of piperidine rings is 1. The monoisotopic (exact) mass is 330 g/mol. The molecule has 0 spiro atoms. The number of halogens is 2. The zero-order chi connectivity index (χ0) is 13.0. The Labute approximate surface area is 120 Å². The minimum Gasteiger partial charge on any atom is -0.325 e. The molecule has 0 saturated carbocycles. The lowest BCUT2D eigenvalue weighted by molar-refractivity contribution is -0.117. The molecule has 0 radical (unpaired) electrons. The molecule has 1 heterocycles. The molecule has 98 valence electrons. The lowest BCUT2D eigenvalue weighted by atomic mass is 9.94. The number of anilines is 1. The molecule has 2 N–H and O–H groups in total. The van der Waals surface area contributed by atoms with E-state index < -0.39 is 0 Å². The summed E-state index contributed by atoms with van der Waals surface area (Å²) < 4.78 is 0.852. The molecule has 1 saturated heterocycles. The average molecular weight is 332 g/mol. The van der Waals surface area contributed by atoms with Crippen LogP contribution in [0.1, 0.15) is 19.3 Å². The number of amides is 1. The molecule has 1 fully saturated rings. The molecule has 1 aromatic carbocycles. The van der Waals surface area contributed by atoms with Crippen LogP contribution in [0.5, 0.6) is 0 Å². The van der Waals surface area contributed by atoms with E-state index in [2.05, 4.69) is 26.6 Å². The second kappa shape index (κ2) is 6.55. The molecule has 5 heteroatoms. The van der Waals surface area contributed by atoms with Gasteiger partial charge < -0.3 is 10.6 Å². The van der Waals surface area contributed by atoms with Crippen molar-refractivity contribution in [3.8, 4) is 0 Å². The summed E-state index contributed by atoms with van der Waals surface area (Å²) in [7, 11) is 0. The van der Waals surface area contributed by atoms with Crippen molar-refractivity contribution in [2.45, 2.75) is 19.3 Å². The lowest BCUT2D eigenvalue weighted by Crippen LogP contribution is -2.30. The zero-order valence-corrected chi connectivity index (χ0v) is 12.4. The van der Waals surface area contributed by atoms with E-state index in [1.807, 2.05) is 6.07 Å². The quantitative estimate of drug-likeness (QED) is 0.891. The van der Waals surface area contributed by atoms with Gasteiger partial charge in [-0.1, -0.05) is 11.6 Å². The summed E-state index contributed by atoms with van der Waals surface area (Å²) >= 11 is 9.31. The summed E-state index contributed by atoms with van der Waals surface area (Å²) in [5.74, 6) is 0.550. The maximum atomic E-state index is 11.9. The molecule has 1 aliphatic rings. The third-order valence-corrected chi connectivity index (χ3v) is 4.06. The van der Waals surface area contributed by atoms with Crippen LogP contribution in [0, 0.1) is 5.92 Å². The summed E-state index contributed by atoms with van der Waals surface area (Å²) in [6.07, 6.45) is 2.73. The molecule has 0 aromatic heterocycles. The third kappa shape index (κ3) is 3.97. The number of nitrogens with one attached hydrogen (secondary N) is 2. The molecular formula is C13H16BrClN2O. The summed E-state index contributed by atoms with van der Waals surface area (Å²) in [4.78, 5) is 11.9. The van der Waals surface area contributed by atoms with Gasteiger partial charge in [0.15, 0.2) is 0 Å². The molecule has 3 nitrogen and oxygen atoms in total. The van der Waals surface area contributed by atoms with Gasteiger partial charge in [0.25, 0.3) is 0 Å². The predicted octanol–water partition coefficient (Wildman–Crippen LogP) is 3.43. The van der Waals surface area contributed by atoms with Crippen molar-refractivity contribution >= 4 is 39.1 Å². The first kappa shape index (κ1) is 13.8. The maximum Gasteiger partial charge on any atom is 0.224 e. The molecule has 1 aliphatic heterocycles. The van der Waals surface area contributed by atoms with Gasteiger partial charge in [0.05, 0.1) is 5.69 Å². The number of hydrogen-bond donors (Lipinski definition) is 2. The normalized spacial score (nSPS) is 16.6. The highest BCUT2D eigenvalue weighted by molar-refractivity contribution is 9.10. The number of hydrogen-bond acceptors (Lipinski definition) is 2. The van der Waals surface area contributed by atoms with E-state index in [0.717, 1.165) is 36.1 Å². The Hall–Kier alpha value is -0.580. The van der Waals surface area contributed by atoms with Gasteiger partial charge in [0.1, 0.15) is 0 Å². The van der Waals surface area contributed by atoms with Gasteiger partial charge in [-0.2, -0.15) is 0 Å². The topological polar surface area (TPSA) is 41.1 Å². The summed E-state index contributed by atoms with van der Waals surface area (Å²) in [5.41, 5.74) is 0.737. The predicted molar refractivity (Wildman–Crippen MR) is 78.0 cm³/mol. The Bertz CT molecular complexity index is 433. The van der Waals surface area contributed by atoms with Crippen LogP contribution >= 0.6 is 27.5 Å². The van der Waals surface area contributed by atoms with Gasteiger partial charge >= 0.3 is 0 Å². The van der Waals surface area contributed by atoms with Crippen LogP contribution in [0.25, 0.3) is 0 Å². The van der Waals surface area contributed by atoms with Crippen molar-refractivity contribution in [3.05, 3.63) is 27.7 Å². The second-order valence-electron chi connectivity index (χ2n) is 4.57. The van der Waals surface area contributed by atoms with Crippen LogP contribution in [-0.4, -0.2) is 19.0 Å². The van der Waals surface area contributed by atoms with Crippen LogP contribution in [0.2, 0.25) is 5.02 Å². The Morgan fingerprint density at radius 3 is 2.89 bits per heavy atom. The minimum atomic E-state index is 0.0601. The molecule has 1 amide bonds. The molecule has 0 aliphatic carbocycles. The van der Waals surface area contributed by atoms with Gasteiger partial charge in [-0.05, 0) is 66.0 Å². The Balaban J connectivity index is 1.92. The van der Waals surface area contributed by atoms with Crippen molar-refractivity contribution in [3.63, 3.8) is 0 Å². The molecule has 2 rings (SSSR count). The SMILES string of the molecule is O=C(CC1CCNCC1)Nc1cc(Cl)ccc1Br. The van der Waals surface area contributed by atoms with E-state index in [-0.39, 0.29) is 5.91 Å². The van der Waals surface area contributed by atoms with Gasteiger partial charge in [-0.15, -0.1) is 0 Å². The van der Waals surface area contributed by atoms with Crippen molar-refractivity contribution in [1.29, 1.82) is 0 Å². The largest absolute Gasteiger partial charge is 0.325 e. The number of carbonyl (C=O) groups excluding carboxylic acids is 1. The smallest absolute Gasteiger partial charge is 0.224 e. The van der Waals surface area contributed by atoms with E-state index in [1.54, 1.807) is 12.1 Å². The van der Waals surface area contributed by atoms with Gasteiger partial charge in [0.2, 0.25) is 5.91 Å². The first-order valence-electron chi connectivity index (χ1n) is 6.11. The fourth-order valence-corrected chi connectivity index (χ4v) is 2.66. The van der Waals surface area contributed by atoms with E-state index in [0.29, 0.717) is 17.4 Å². The summed E-state index contributed by atoms with van der Waals surface area (Å²) in [5, 5.41) is 6.83. The van der Waals surface area contributed by atoms with Crippen molar-refractivity contribution < 1.29 is 4.79 Å². The number of rotatable bonds is 3. The highest BCUT2D eigenvalue weighted by Crippen LogP contribution is 2.26.